The molecule has 0 aliphatic rings. The Morgan fingerprint density at radius 1 is 0.909 bits per heavy atom. The van der Waals surface area contributed by atoms with E-state index in [1.54, 1.807) is 0 Å². The van der Waals surface area contributed by atoms with E-state index in [-0.39, 0.29) is 0 Å². The summed E-state index contributed by atoms with van der Waals surface area (Å²) in [4.78, 5) is 0. The molecule has 0 rings (SSSR count). The summed E-state index contributed by atoms with van der Waals surface area (Å²) in [5.74, 6) is 0. The molecular weight excluding hydrogens is 168 g/mol. The molecule has 0 aromatic heterocycles. The molecule has 0 aromatic rings. The molecule has 0 aliphatic carbocycles. The minimum Gasteiger partial charge on any atom is -0.418 e. The Kier molecular flexibility index (Phi) is 4.01. The van der Waals surface area contributed by atoms with Gasteiger partial charge in [0.05, 0.1) is 0 Å². The van der Waals surface area contributed by atoms with E-state index in [0.717, 1.165) is 6.61 Å². The fourth-order valence-corrected chi connectivity index (χ4v) is 2.30. The molecule has 3 heteroatoms. The molecule has 0 fully saturated rings. The van der Waals surface area contributed by atoms with Crippen LogP contribution in [0.3, 0.4) is 0 Å². The molecule has 0 N–H and O–H groups in total. The molecule has 0 heterocycles. The van der Waals surface area contributed by atoms with Gasteiger partial charge in [-0.25, -0.2) is 0 Å². The Bertz CT molecular complexity index is 96.2. The van der Waals surface area contributed by atoms with Crippen molar-refractivity contribution in [1.82, 2.24) is 0 Å². The van der Waals surface area contributed by atoms with Crippen LogP contribution in [0.1, 0.15) is 0 Å². The van der Waals surface area contributed by atoms with Crippen LogP contribution < -0.4 is 0 Å². The zero-order valence-corrected chi connectivity index (χ0v) is 10.8. The lowest BCUT2D eigenvalue weighted by Gasteiger charge is -2.21. The average Bonchev–Trinajstić information content (AvgIpc) is 1.55. The third kappa shape index (κ3) is 10.4. The van der Waals surface area contributed by atoms with Crippen molar-refractivity contribution in [1.29, 1.82) is 0 Å². The smallest absolute Gasteiger partial charge is 0.183 e. The molecule has 0 atom stereocenters. The van der Waals surface area contributed by atoms with Gasteiger partial charge in [0.2, 0.25) is 0 Å². The van der Waals surface area contributed by atoms with Crippen LogP contribution in [0.4, 0.5) is 0 Å². The van der Waals surface area contributed by atoms with E-state index in [4.69, 9.17) is 4.43 Å². The zero-order chi connectivity index (χ0) is 9.12. The van der Waals surface area contributed by atoms with E-state index in [1.165, 1.54) is 6.04 Å². The third-order valence-corrected chi connectivity index (χ3v) is 4.16. The highest BCUT2D eigenvalue weighted by Crippen LogP contribution is 2.10. The van der Waals surface area contributed by atoms with Crippen molar-refractivity contribution in [3.8, 4) is 0 Å². The Balaban J connectivity index is 3.44. The van der Waals surface area contributed by atoms with Crippen molar-refractivity contribution in [2.45, 2.75) is 45.3 Å². The average molecular weight is 190 g/mol. The van der Waals surface area contributed by atoms with Gasteiger partial charge in [-0.3, -0.25) is 0 Å². The van der Waals surface area contributed by atoms with Gasteiger partial charge >= 0.3 is 0 Å². The van der Waals surface area contributed by atoms with Gasteiger partial charge in [-0.2, -0.15) is 0 Å². The van der Waals surface area contributed by atoms with Crippen molar-refractivity contribution in [2.24, 2.45) is 0 Å². The summed E-state index contributed by atoms with van der Waals surface area (Å²) in [5, 5.41) is 0. The van der Waals surface area contributed by atoms with Gasteiger partial charge in [-0.15, -0.1) is 0 Å². The minimum absolute atomic E-state index is 0.860. The van der Waals surface area contributed by atoms with Crippen LogP contribution in [0.2, 0.25) is 45.3 Å². The van der Waals surface area contributed by atoms with Gasteiger partial charge in [0.1, 0.15) is 0 Å². The molecule has 0 unspecified atom stereocenters. The van der Waals surface area contributed by atoms with Gasteiger partial charge in [0, 0.05) is 14.7 Å². The van der Waals surface area contributed by atoms with E-state index in [2.05, 4.69) is 39.3 Å². The van der Waals surface area contributed by atoms with Crippen LogP contribution in [-0.4, -0.2) is 23.0 Å². The molecule has 1 nitrogen and oxygen atoms in total. The van der Waals surface area contributed by atoms with Crippen LogP contribution in [0.15, 0.2) is 0 Å². The maximum Gasteiger partial charge on any atom is 0.183 e. The number of hydrogen-bond acceptors (Lipinski definition) is 1. The van der Waals surface area contributed by atoms with Crippen LogP contribution >= 0.6 is 0 Å². The van der Waals surface area contributed by atoms with Crippen molar-refractivity contribution >= 4 is 16.4 Å². The third-order valence-electron chi connectivity index (χ3n) is 1.39. The molecule has 0 aromatic carbocycles. The Hall–Kier alpha value is 0.394. The van der Waals surface area contributed by atoms with Gasteiger partial charge in [-0.1, -0.05) is 19.6 Å². The van der Waals surface area contributed by atoms with Crippen molar-refractivity contribution in [3.63, 3.8) is 0 Å². The molecule has 0 saturated heterocycles. The van der Waals surface area contributed by atoms with Crippen LogP contribution in [0.5, 0.6) is 0 Å². The highest BCUT2D eigenvalue weighted by molar-refractivity contribution is 6.76. The van der Waals surface area contributed by atoms with Crippen molar-refractivity contribution in [2.75, 3.05) is 6.61 Å². The second kappa shape index (κ2) is 3.87. The first-order chi connectivity index (χ1) is 4.71. The van der Waals surface area contributed by atoms with E-state index in [9.17, 15) is 0 Å². The minimum atomic E-state index is -1.23. The molecule has 68 valence electrons. The highest BCUT2D eigenvalue weighted by Gasteiger charge is 2.17. The molecular formula is C8H22OSi2. The largest absolute Gasteiger partial charge is 0.418 e. The van der Waals surface area contributed by atoms with Gasteiger partial charge in [0.25, 0.3) is 0 Å². The quantitative estimate of drug-likeness (QED) is 0.619. The van der Waals surface area contributed by atoms with E-state index < -0.39 is 16.4 Å². The zero-order valence-electron chi connectivity index (χ0n) is 8.82. The summed E-state index contributed by atoms with van der Waals surface area (Å²) >= 11 is 0. The highest BCUT2D eigenvalue weighted by atomic mass is 28.4. The normalized spacial score (nSPS) is 13.6. The SMILES string of the molecule is C[Si](C)(C)CCO[Si](C)(C)C. The van der Waals surface area contributed by atoms with Crippen LogP contribution in [0.25, 0.3) is 0 Å². The first-order valence-electron chi connectivity index (χ1n) is 4.35. The Morgan fingerprint density at radius 3 is 1.64 bits per heavy atom. The van der Waals surface area contributed by atoms with E-state index in [0.29, 0.717) is 0 Å². The Labute approximate surface area is 73.3 Å². The lowest BCUT2D eigenvalue weighted by Crippen LogP contribution is -2.29. The van der Waals surface area contributed by atoms with E-state index in [1.807, 2.05) is 0 Å². The molecule has 0 radical (unpaired) electrons. The predicted octanol–water partition coefficient (Wildman–Crippen LogP) is 3.18. The summed E-state index contributed by atoms with van der Waals surface area (Å²) in [6, 6.07) is 1.30. The summed E-state index contributed by atoms with van der Waals surface area (Å²) in [5.41, 5.74) is 0. The topological polar surface area (TPSA) is 9.23 Å². The summed E-state index contributed by atoms with van der Waals surface area (Å²) in [6.45, 7) is 14.9. The molecule has 0 bridgehead atoms. The first kappa shape index (κ1) is 11.4. The van der Waals surface area contributed by atoms with Gasteiger partial charge < -0.3 is 4.43 Å². The second-order valence-electron chi connectivity index (χ2n) is 5.27. The number of rotatable bonds is 4. The Morgan fingerprint density at radius 2 is 1.36 bits per heavy atom. The van der Waals surface area contributed by atoms with E-state index >= 15 is 0 Å². The van der Waals surface area contributed by atoms with Crippen LogP contribution in [0, 0.1) is 0 Å². The monoisotopic (exact) mass is 190 g/mol. The molecule has 0 saturated carbocycles. The molecule has 0 spiro atoms. The maximum atomic E-state index is 5.78. The fourth-order valence-electron chi connectivity index (χ4n) is 0.663. The fraction of sp³-hybridized carbons (Fsp3) is 1.00. The predicted molar refractivity (Wildman–Crippen MR) is 57.5 cm³/mol. The van der Waals surface area contributed by atoms with Crippen molar-refractivity contribution in [3.05, 3.63) is 0 Å². The number of hydrogen-bond donors (Lipinski definition) is 0. The van der Waals surface area contributed by atoms with Gasteiger partial charge in [0.15, 0.2) is 8.32 Å². The lowest BCUT2D eigenvalue weighted by molar-refractivity contribution is 0.332. The molecule has 0 amide bonds. The molecule has 11 heavy (non-hydrogen) atoms. The summed E-state index contributed by atoms with van der Waals surface area (Å²) in [7, 11) is -2.09. The summed E-state index contributed by atoms with van der Waals surface area (Å²) in [6.07, 6.45) is 0. The van der Waals surface area contributed by atoms with Crippen LogP contribution in [-0.2, 0) is 4.43 Å². The lowest BCUT2D eigenvalue weighted by atomic mass is 10.9. The van der Waals surface area contributed by atoms with Crippen molar-refractivity contribution < 1.29 is 4.43 Å². The molecule has 0 aliphatic heterocycles. The standard InChI is InChI=1S/C8H22OSi2/c1-10(2,3)8-7-9-11(4,5)6/h7-8H2,1-6H3. The second-order valence-corrected chi connectivity index (χ2v) is 15.4. The first-order valence-corrected chi connectivity index (χ1v) is 11.5. The van der Waals surface area contributed by atoms with Gasteiger partial charge in [-0.05, 0) is 25.7 Å². The summed E-state index contributed by atoms with van der Waals surface area (Å²) < 4.78 is 5.78. The maximum absolute atomic E-state index is 5.78.